The van der Waals surface area contributed by atoms with Crippen molar-refractivity contribution in [2.45, 2.75) is 18.1 Å². The fourth-order valence-corrected chi connectivity index (χ4v) is 4.68. The second-order valence-electron chi connectivity index (χ2n) is 3.84. The topological polar surface area (TPSA) is 0 Å². The van der Waals surface area contributed by atoms with Crippen molar-refractivity contribution in [2.75, 3.05) is 6.26 Å². The highest BCUT2D eigenvalue weighted by Gasteiger charge is 2.67. The first-order valence-corrected chi connectivity index (χ1v) is 5.23. The largest absolute Gasteiger partial charge is 0.161 e. The van der Waals surface area contributed by atoms with E-state index in [2.05, 4.69) is 18.0 Å². The van der Waals surface area contributed by atoms with Crippen molar-refractivity contribution in [1.82, 2.24) is 0 Å². The molecular formula is C8H12S. The fraction of sp³-hybridized carbons (Fsp3) is 1.00. The van der Waals surface area contributed by atoms with Crippen molar-refractivity contribution < 1.29 is 0 Å². The van der Waals surface area contributed by atoms with E-state index in [0.29, 0.717) is 0 Å². The van der Waals surface area contributed by atoms with Gasteiger partial charge >= 0.3 is 0 Å². The van der Waals surface area contributed by atoms with Gasteiger partial charge < -0.3 is 0 Å². The van der Waals surface area contributed by atoms with Gasteiger partial charge in [-0.25, -0.2) is 0 Å². The van der Waals surface area contributed by atoms with Crippen LogP contribution in [0.25, 0.3) is 0 Å². The van der Waals surface area contributed by atoms with Crippen LogP contribution in [0.5, 0.6) is 0 Å². The molecule has 0 aromatic carbocycles. The molecule has 4 aliphatic rings. The number of thioether (sulfide) groups is 1. The summed E-state index contributed by atoms with van der Waals surface area (Å²) in [5, 5.41) is 1.10. The average molecular weight is 140 g/mol. The van der Waals surface area contributed by atoms with Crippen LogP contribution in [0, 0.1) is 23.7 Å². The van der Waals surface area contributed by atoms with Gasteiger partial charge in [-0.3, -0.25) is 0 Å². The first-order valence-electron chi connectivity index (χ1n) is 3.94. The fourth-order valence-electron chi connectivity index (χ4n) is 3.35. The molecule has 4 aliphatic carbocycles. The third-order valence-corrected chi connectivity index (χ3v) is 4.91. The third kappa shape index (κ3) is 0.419. The van der Waals surface area contributed by atoms with Crippen molar-refractivity contribution in [2.24, 2.45) is 23.7 Å². The average Bonchev–Trinajstić information content (AvgIpc) is 2.40. The predicted molar refractivity (Wildman–Crippen MR) is 40.5 cm³/mol. The highest BCUT2D eigenvalue weighted by Crippen LogP contribution is 2.72. The molecule has 4 fully saturated rings. The summed E-state index contributed by atoms with van der Waals surface area (Å²) in [4.78, 5) is 0. The van der Waals surface area contributed by atoms with E-state index in [9.17, 15) is 0 Å². The molecule has 0 radical (unpaired) electrons. The highest BCUT2D eigenvalue weighted by molar-refractivity contribution is 7.99. The Bertz CT molecular complexity index is 141. The molecule has 4 bridgehead atoms. The van der Waals surface area contributed by atoms with E-state index in [1.54, 1.807) is 12.8 Å². The molecule has 0 amide bonds. The predicted octanol–water partition coefficient (Wildman–Crippen LogP) is 2.00. The van der Waals surface area contributed by atoms with Gasteiger partial charge in [0.15, 0.2) is 0 Å². The number of rotatable bonds is 1. The van der Waals surface area contributed by atoms with E-state index in [4.69, 9.17) is 0 Å². The normalized spacial score (nSPS) is 67.0. The van der Waals surface area contributed by atoms with Crippen LogP contribution in [0.4, 0.5) is 0 Å². The lowest BCUT2D eigenvalue weighted by Gasteiger charge is -2.09. The molecule has 5 atom stereocenters. The van der Waals surface area contributed by atoms with E-state index < -0.39 is 0 Å². The van der Waals surface area contributed by atoms with Gasteiger partial charge in [-0.1, -0.05) is 0 Å². The molecule has 50 valence electrons. The van der Waals surface area contributed by atoms with Crippen LogP contribution in [-0.4, -0.2) is 11.5 Å². The lowest BCUT2D eigenvalue weighted by atomic mass is 10.1. The van der Waals surface area contributed by atoms with Gasteiger partial charge in [0.25, 0.3) is 0 Å². The maximum Gasteiger partial charge on any atom is 0.0106 e. The van der Waals surface area contributed by atoms with Gasteiger partial charge in [0.05, 0.1) is 0 Å². The van der Waals surface area contributed by atoms with Gasteiger partial charge in [-0.15, -0.1) is 0 Å². The quantitative estimate of drug-likeness (QED) is 0.537. The zero-order chi connectivity index (χ0) is 6.01. The molecule has 0 spiro atoms. The molecular weight excluding hydrogens is 128 g/mol. The summed E-state index contributed by atoms with van der Waals surface area (Å²) in [5.41, 5.74) is 0. The molecule has 9 heavy (non-hydrogen) atoms. The van der Waals surface area contributed by atoms with Gasteiger partial charge in [-0.2, -0.15) is 11.8 Å². The molecule has 0 saturated heterocycles. The maximum absolute atomic E-state index is 2.29. The molecule has 4 rings (SSSR count). The molecule has 3 unspecified atom stereocenters. The Morgan fingerprint density at radius 2 is 1.89 bits per heavy atom. The molecule has 0 heterocycles. The summed E-state index contributed by atoms with van der Waals surface area (Å²) in [6.07, 6.45) is 5.49. The van der Waals surface area contributed by atoms with Crippen LogP contribution in [-0.2, 0) is 0 Å². The monoisotopic (exact) mass is 140 g/mol. The van der Waals surface area contributed by atoms with E-state index in [1.807, 2.05) is 0 Å². The summed E-state index contributed by atoms with van der Waals surface area (Å²) >= 11 is 2.13. The second-order valence-corrected chi connectivity index (χ2v) is 4.85. The van der Waals surface area contributed by atoms with Crippen LogP contribution >= 0.6 is 11.8 Å². The van der Waals surface area contributed by atoms with Crippen molar-refractivity contribution in [1.29, 1.82) is 0 Å². The third-order valence-electron chi connectivity index (χ3n) is 3.66. The highest BCUT2D eigenvalue weighted by atomic mass is 32.2. The molecule has 1 heteroatoms. The Morgan fingerprint density at radius 3 is 2.11 bits per heavy atom. The summed E-state index contributed by atoms with van der Waals surface area (Å²) in [7, 11) is 0. The van der Waals surface area contributed by atoms with Gasteiger partial charge in [0.1, 0.15) is 0 Å². The van der Waals surface area contributed by atoms with Crippen LogP contribution in [0.2, 0.25) is 0 Å². The first-order chi connectivity index (χ1) is 4.42. The Hall–Kier alpha value is 0.350. The Kier molecular flexibility index (Phi) is 0.753. The Morgan fingerprint density at radius 1 is 1.22 bits per heavy atom. The molecule has 0 aliphatic heterocycles. The summed E-state index contributed by atoms with van der Waals surface area (Å²) in [5.74, 6) is 4.78. The minimum Gasteiger partial charge on any atom is -0.161 e. The summed E-state index contributed by atoms with van der Waals surface area (Å²) in [6.45, 7) is 0. The maximum atomic E-state index is 2.29. The van der Waals surface area contributed by atoms with Crippen molar-refractivity contribution in [3.63, 3.8) is 0 Å². The molecule has 0 aromatic heterocycles. The Labute approximate surface area is 60.4 Å². The van der Waals surface area contributed by atoms with E-state index >= 15 is 0 Å². The zero-order valence-electron chi connectivity index (χ0n) is 5.71. The van der Waals surface area contributed by atoms with Gasteiger partial charge in [-0.05, 0) is 42.8 Å². The van der Waals surface area contributed by atoms with Crippen molar-refractivity contribution in [3.05, 3.63) is 0 Å². The van der Waals surface area contributed by atoms with Gasteiger partial charge in [0.2, 0.25) is 0 Å². The van der Waals surface area contributed by atoms with E-state index in [1.165, 1.54) is 17.8 Å². The first kappa shape index (κ1) is 5.06. The van der Waals surface area contributed by atoms with E-state index in [0.717, 1.165) is 11.2 Å². The standard InChI is InChI=1S/C8H12S/c1-9-8-4-2-5-6(3-4)7(5)8/h4-8H,2-3H2,1H3/t4?,5-,6?,7?,8+/m1/s1. The lowest BCUT2D eigenvalue weighted by Crippen LogP contribution is -2.05. The molecule has 0 nitrogen and oxygen atoms in total. The summed E-state index contributed by atoms with van der Waals surface area (Å²) < 4.78 is 0. The van der Waals surface area contributed by atoms with E-state index in [-0.39, 0.29) is 0 Å². The molecule has 0 N–H and O–H groups in total. The van der Waals surface area contributed by atoms with Crippen LogP contribution in [0.3, 0.4) is 0 Å². The van der Waals surface area contributed by atoms with Crippen LogP contribution < -0.4 is 0 Å². The molecule has 4 saturated carbocycles. The minimum atomic E-state index is 1.10. The number of hydrogen-bond donors (Lipinski definition) is 0. The minimum absolute atomic E-state index is 1.10. The van der Waals surface area contributed by atoms with Crippen LogP contribution in [0.1, 0.15) is 12.8 Å². The smallest absolute Gasteiger partial charge is 0.0106 e. The van der Waals surface area contributed by atoms with Crippen molar-refractivity contribution >= 4 is 11.8 Å². The van der Waals surface area contributed by atoms with Crippen molar-refractivity contribution in [3.8, 4) is 0 Å². The lowest BCUT2D eigenvalue weighted by molar-refractivity contribution is 0.615. The zero-order valence-corrected chi connectivity index (χ0v) is 6.53. The SMILES string of the molecule is CS[C@H]1C2CC3C1[C@@H]3C2. The van der Waals surface area contributed by atoms with Crippen LogP contribution in [0.15, 0.2) is 0 Å². The summed E-state index contributed by atoms with van der Waals surface area (Å²) in [6, 6.07) is 0. The molecule has 0 aromatic rings. The second kappa shape index (κ2) is 1.34. The van der Waals surface area contributed by atoms with Gasteiger partial charge in [0, 0.05) is 5.25 Å². The number of hydrogen-bond acceptors (Lipinski definition) is 1. The Balaban J connectivity index is 1.95.